The highest BCUT2D eigenvalue weighted by Crippen LogP contribution is 2.22. The lowest BCUT2D eigenvalue weighted by atomic mass is 10.3. The van der Waals surface area contributed by atoms with Crippen LogP contribution in [0.25, 0.3) is 0 Å². The van der Waals surface area contributed by atoms with Crippen LogP contribution in [0, 0.1) is 6.92 Å². The molecule has 0 spiro atoms. The van der Waals surface area contributed by atoms with Crippen molar-refractivity contribution in [2.24, 2.45) is 0 Å². The second-order valence-corrected chi connectivity index (χ2v) is 6.85. The summed E-state index contributed by atoms with van der Waals surface area (Å²) in [6.07, 6.45) is 1.96. The summed E-state index contributed by atoms with van der Waals surface area (Å²) in [5.41, 5.74) is 2.17. The van der Waals surface area contributed by atoms with Crippen LogP contribution in [0.15, 0.2) is 5.38 Å². The first-order chi connectivity index (χ1) is 9.72. The lowest BCUT2D eigenvalue weighted by molar-refractivity contribution is 0.181. The van der Waals surface area contributed by atoms with Crippen molar-refractivity contribution < 1.29 is 4.74 Å². The van der Waals surface area contributed by atoms with Crippen LogP contribution in [-0.2, 0) is 24.3 Å². The molecule has 1 N–H and O–H groups in total. The number of hydrogen-bond acceptors (Lipinski definition) is 6. The minimum absolute atomic E-state index is 0.579. The average Bonchev–Trinajstić information content (AvgIpc) is 2.98. The first-order valence-corrected chi connectivity index (χ1v) is 8.50. The first-order valence-electron chi connectivity index (χ1n) is 6.81. The SMILES string of the molecule is CCCNCc1sc(Cc2csc(C)n2)nc1COC. The predicted octanol–water partition coefficient (Wildman–Crippen LogP) is 3.14. The number of nitrogens with zero attached hydrogens (tertiary/aromatic N) is 2. The molecule has 20 heavy (non-hydrogen) atoms. The van der Waals surface area contributed by atoms with Crippen molar-refractivity contribution in [1.82, 2.24) is 15.3 Å². The summed E-state index contributed by atoms with van der Waals surface area (Å²) in [6.45, 7) is 6.69. The smallest absolute Gasteiger partial charge is 0.0992 e. The zero-order valence-corrected chi connectivity index (χ0v) is 13.9. The van der Waals surface area contributed by atoms with E-state index in [0.29, 0.717) is 6.61 Å². The number of rotatable bonds is 8. The van der Waals surface area contributed by atoms with Crippen LogP contribution >= 0.6 is 22.7 Å². The van der Waals surface area contributed by atoms with E-state index in [9.17, 15) is 0 Å². The zero-order chi connectivity index (χ0) is 14.4. The Morgan fingerprint density at radius 1 is 1.35 bits per heavy atom. The summed E-state index contributed by atoms with van der Waals surface area (Å²) in [4.78, 5) is 10.5. The maximum absolute atomic E-state index is 5.25. The molecule has 2 aromatic heterocycles. The number of methoxy groups -OCH3 is 1. The van der Waals surface area contributed by atoms with Gasteiger partial charge in [-0.3, -0.25) is 0 Å². The van der Waals surface area contributed by atoms with E-state index in [1.807, 2.05) is 6.92 Å². The van der Waals surface area contributed by atoms with Crippen molar-refractivity contribution in [1.29, 1.82) is 0 Å². The van der Waals surface area contributed by atoms with Crippen molar-refractivity contribution in [2.75, 3.05) is 13.7 Å². The van der Waals surface area contributed by atoms with Gasteiger partial charge in [-0.1, -0.05) is 6.92 Å². The van der Waals surface area contributed by atoms with E-state index in [2.05, 4.69) is 22.6 Å². The maximum atomic E-state index is 5.25. The summed E-state index contributed by atoms with van der Waals surface area (Å²) >= 11 is 3.46. The summed E-state index contributed by atoms with van der Waals surface area (Å²) in [5.74, 6) is 0. The molecule has 0 saturated heterocycles. The van der Waals surface area contributed by atoms with E-state index in [4.69, 9.17) is 9.72 Å². The van der Waals surface area contributed by atoms with Crippen molar-refractivity contribution in [2.45, 2.75) is 39.8 Å². The molecule has 2 rings (SSSR count). The fourth-order valence-corrected chi connectivity index (χ4v) is 3.59. The molecule has 0 saturated carbocycles. The van der Waals surface area contributed by atoms with Gasteiger partial charge in [0.1, 0.15) is 0 Å². The van der Waals surface area contributed by atoms with Crippen LogP contribution in [0.2, 0.25) is 0 Å². The van der Waals surface area contributed by atoms with Crippen molar-refractivity contribution in [3.8, 4) is 0 Å². The van der Waals surface area contributed by atoms with Crippen LogP contribution in [0.1, 0.15) is 39.6 Å². The molecular weight excluding hydrogens is 290 g/mol. The van der Waals surface area contributed by atoms with E-state index >= 15 is 0 Å². The van der Waals surface area contributed by atoms with Crippen LogP contribution < -0.4 is 5.32 Å². The van der Waals surface area contributed by atoms with Crippen LogP contribution in [0.4, 0.5) is 0 Å². The van der Waals surface area contributed by atoms with Gasteiger partial charge in [-0.05, 0) is 19.9 Å². The molecule has 2 heterocycles. The molecule has 0 amide bonds. The highest BCUT2D eigenvalue weighted by molar-refractivity contribution is 7.11. The minimum Gasteiger partial charge on any atom is -0.378 e. The number of hydrogen-bond donors (Lipinski definition) is 1. The van der Waals surface area contributed by atoms with Gasteiger partial charge in [-0.15, -0.1) is 22.7 Å². The fourth-order valence-electron chi connectivity index (χ4n) is 1.92. The van der Waals surface area contributed by atoms with Crippen LogP contribution in [0.3, 0.4) is 0 Å². The van der Waals surface area contributed by atoms with E-state index in [1.54, 1.807) is 29.8 Å². The normalized spacial score (nSPS) is 11.2. The van der Waals surface area contributed by atoms with Gasteiger partial charge < -0.3 is 10.1 Å². The Balaban J connectivity index is 2.07. The van der Waals surface area contributed by atoms with E-state index in [0.717, 1.165) is 47.3 Å². The third-order valence-corrected chi connectivity index (χ3v) is 4.73. The molecule has 0 bridgehead atoms. The molecular formula is C14H21N3OS2. The van der Waals surface area contributed by atoms with Gasteiger partial charge in [0, 0.05) is 30.3 Å². The summed E-state index contributed by atoms with van der Waals surface area (Å²) in [6, 6.07) is 0. The molecule has 0 aliphatic carbocycles. The average molecular weight is 311 g/mol. The van der Waals surface area contributed by atoms with Gasteiger partial charge in [0.25, 0.3) is 0 Å². The lowest BCUT2D eigenvalue weighted by Crippen LogP contribution is -2.14. The largest absolute Gasteiger partial charge is 0.378 e. The maximum Gasteiger partial charge on any atom is 0.0992 e. The highest BCUT2D eigenvalue weighted by atomic mass is 32.1. The molecule has 6 heteroatoms. The third kappa shape index (κ3) is 4.34. The molecule has 0 aliphatic rings. The second kappa shape index (κ2) is 7.83. The quantitative estimate of drug-likeness (QED) is 0.761. The Labute approximate surface area is 128 Å². The number of aryl methyl sites for hydroxylation is 1. The summed E-state index contributed by atoms with van der Waals surface area (Å²) in [7, 11) is 1.71. The van der Waals surface area contributed by atoms with Gasteiger partial charge >= 0.3 is 0 Å². The van der Waals surface area contributed by atoms with Gasteiger partial charge in [0.05, 0.1) is 28.0 Å². The van der Waals surface area contributed by atoms with Gasteiger partial charge in [0.15, 0.2) is 0 Å². The molecule has 0 unspecified atom stereocenters. The number of nitrogens with one attached hydrogen (secondary N) is 1. The van der Waals surface area contributed by atoms with Crippen molar-refractivity contribution in [3.63, 3.8) is 0 Å². The van der Waals surface area contributed by atoms with Crippen molar-refractivity contribution in [3.05, 3.63) is 31.7 Å². The van der Waals surface area contributed by atoms with Crippen LogP contribution in [-0.4, -0.2) is 23.6 Å². The topological polar surface area (TPSA) is 47.0 Å². The Hall–Kier alpha value is -0.820. The predicted molar refractivity (Wildman–Crippen MR) is 84.5 cm³/mol. The zero-order valence-electron chi connectivity index (χ0n) is 12.2. The molecule has 110 valence electrons. The molecule has 0 radical (unpaired) electrons. The number of aromatic nitrogens is 2. The van der Waals surface area contributed by atoms with Gasteiger partial charge in [0.2, 0.25) is 0 Å². The van der Waals surface area contributed by atoms with Gasteiger partial charge in [-0.25, -0.2) is 9.97 Å². The molecule has 0 aromatic carbocycles. The molecule has 4 nitrogen and oxygen atoms in total. The monoisotopic (exact) mass is 311 g/mol. The third-order valence-electron chi connectivity index (χ3n) is 2.81. The van der Waals surface area contributed by atoms with E-state index < -0.39 is 0 Å². The Bertz CT molecular complexity index is 536. The Morgan fingerprint density at radius 3 is 2.85 bits per heavy atom. The first kappa shape index (κ1) is 15.6. The standard InChI is InChI=1S/C14H21N3OS2/c1-4-5-15-7-13-12(8-18-3)17-14(20-13)6-11-9-19-10(2)16-11/h9,15H,4-8H2,1-3H3. The Morgan fingerprint density at radius 2 is 2.20 bits per heavy atom. The summed E-state index contributed by atoms with van der Waals surface area (Å²) in [5, 5.41) is 7.78. The molecule has 0 atom stereocenters. The molecule has 0 fully saturated rings. The van der Waals surface area contributed by atoms with Gasteiger partial charge in [-0.2, -0.15) is 0 Å². The number of ether oxygens (including phenoxy) is 1. The van der Waals surface area contributed by atoms with Crippen molar-refractivity contribution >= 4 is 22.7 Å². The molecule has 2 aromatic rings. The summed E-state index contributed by atoms with van der Waals surface area (Å²) < 4.78 is 5.25. The number of thiazole rings is 2. The fraction of sp³-hybridized carbons (Fsp3) is 0.571. The Kier molecular flexibility index (Phi) is 6.09. The van der Waals surface area contributed by atoms with E-state index in [1.165, 1.54) is 4.88 Å². The minimum atomic E-state index is 0.579. The second-order valence-electron chi connectivity index (χ2n) is 4.62. The molecule has 0 aliphatic heterocycles. The van der Waals surface area contributed by atoms with E-state index in [-0.39, 0.29) is 0 Å². The van der Waals surface area contributed by atoms with Crippen LogP contribution in [0.5, 0.6) is 0 Å². The highest BCUT2D eigenvalue weighted by Gasteiger charge is 2.12. The lowest BCUT2D eigenvalue weighted by Gasteiger charge is -2.02.